The highest BCUT2D eigenvalue weighted by atomic mass is 35.5. The molecule has 0 heterocycles. The van der Waals surface area contributed by atoms with Crippen LogP contribution in [-0.2, 0) is 0 Å². The monoisotopic (exact) mass is 169 g/mol. The van der Waals surface area contributed by atoms with E-state index in [9.17, 15) is 0 Å². The summed E-state index contributed by atoms with van der Waals surface area (Å²) >= 11 is 5.71. The average Bonchev–Trinajstić information content (AvgIpc) is 2.01. The van der Waals surface area contributed by atoms with Crippen LogP contribution in [0.2, 0.25) is 5.02 Å². The molecular weight excluding hydrogens is 160 g/mol. The van der Waals surface area contributed by atoms with Gasteiger partial charge < -0.3 is 4.74 Å². The Morgan fingerprint density at radius 3 is 3.00 bits per heavy atom. The summed E-state index contributed by atoms with van der Waals surface area (Å²) in [6, 6.07) is 8.15. The first kappa shape index (κ1) is 8.41. The van der Waals surface area contributed by atoms with Crippen LogP contribution in [0.1, 0.15) is 13.3 Å². The molecule has 1 radical (unpaired) electrons. The van der Waals surface area contributed by atoms with E-state index in [4.69, 9.17) is 16.3 Å². The predicted octanol–water partition coefficient (Wildman–Crippen LogP) is 2.93. The number of benzene rings is 1. The number of hydrogen-bond acceptors (Lipinski definition) is 1. The number of halogens is 1. The Balaban J connectivity index is 2.56. The molecule has 2 heteroatoms. The Labute approximate surface area is 71.9 Å². The smallest absolute Gasteiger partial charge is 0.121 e. The molecular formula is C9H10ClO. The molecule has 0 N–H and O–H groups in total. The second kappa shape index (κ2) is 4.24. The van der Waals surface area contributed by atoms with Gasteiger partial charge >= 0.3 is 0 Å². The van der Waals surface area contributed by atoms with Crippen LogP contribution in [0.15, 0.2) is 18.2 Å². The van der Waals surface area contributed by atoms with Crippen LogP contribution in [0.4, 0.5) is 0 Å². The van der Waals surface area contributed by atoms with Gasteiger partial charge in [0.2, 0.25) is 0 Å². The second-order valence-corrected chi connectivity index (χ2v) is 2.67. The fourth-order valence-corrected chi connectivity index (χ4v) is 0.896. The average molecular weight is 170 g/mol. The Morgan fingerprint density at radius 1 is 1.55 bits per heavy atom. The topological polar surface area (TPSA) is 9.23 Å². The van der Waals surface area contributed by atoms with Gasteiger partial charge in [-0.2, -0.15) is 0 Å². The minimum Gasteiger partial charge on any atom is -0.494 e. The Morgan fingerprint density at radius 2 is 2.36 bits per heavy atom. The van der Waals surface area contributed by atoms with Crippen molar-refractivity contribution in [2.75, 3.05) is 6.61 Å². The van der Waals surface area contributed by atoms with E-state index in [1.54, 1.807) is 18.2 Å². The summed E-state index contributed by atoms with van der Waals surface area (Å²) in [5.41, 5.74) is 0. The third kappa shape index (κ3) is 2.81. The molecule has 0 bridgehead atoms. The van der Waals surface area contributed by atoms with Gasteiger partial charge in [0.15, 0.2) is 0 Å². The van der Waals surface area contributed by atoms with Crippen LogP contribution < -0.4 is 4.74 Å². The van der Waals surface area contributed by atoms with E-state index < -0.39 is 0 Å². The van der Waals surface area contributed by atoms with Crippen molar-refractivity contribution < 1.29 is 4.74 Å². The molecule has 0 aromatic heterocycles. The fraction of sp³-hybridized carbons (Fsp3) is 0.333. The fourth-order valence-electron chi connectivity index (χ4n) is 0.726. The molecule has 0 saturated carbocycles. The maximum Gasteiger partial charge on any atom is 0.121 e. The van der Waals surface area contributed by atoms with Crippen molar-refractivity contribution in [3.8, 4) is 5.75 Å². The maximum absolute atomic E-state index is 5.71. The van der Waals surface area contributed by atoms with Crippen LogP contribution in [0.5, 0.6) is 5.75 Å². The lowest BCUT2D eigenvalue weighted by Gasteiger charge is -2.02. The molecule has 0 aliphatic heterocycles. The van der Waals surface area contributed by atoms with Gasteiger partial charge in [0, 0.05) is 5.02 Å². The summed E-state index contributed by atoms with van der Waals surface area (Å²) < 4.78 is 5.32. The summed E-state index contributed by atoms with van der Waals surface area (Å²) in [4.78, 5) is 0. The predicted molar refractivity (Wildman–Crippen MR) is 46.1 cm³/mol. The SMILES string of the molecule is CCCOc1c[c]cc(Cl)c1. The lowest BCUT2D eigenvalue weighted by Crippen LogP contribution is -1.94. The van der Waals surface area contributed by atoms with Gasteiger partial charge in [-0.05, 0) is 30.7 Å². The number of rotatable bonds is 3. The van der Waals surface area contributed by atoms with Gasteiger partial charge in [-0.15, -0.1) is 0 Å². The zero-order chi connectivity index (χ0) is 8.10. The Kier molecular flexibility index (Phi) is 3.24. The first-order chi connectivity index (χ1) is 5.33. The largest absolute Gasteiger partial charge is 0.494 e. The molecule has 0 spiro atoms. The first-order valence-electron chi connectivity index (χ1n) is 3.62. The molecule has 11 heavy (non-hydrogen) atoms. The van der Waals surface area contributed by atoms with Crippen LogP contribution in [0.25, 0.3) is 0 Å². The molecule has 0 fully saturated rings. The molecule has 0 unspecified atom stereocenters. The van der Waals surface area contributed by atoms with Crippen LogP contribution in [-0.4, -0.2) is 6.61 Å². The summed E-state index contributed by atoms with van der Waals surface area (Å²) in [6.07, 6.45) is 1.01. The van der Waals surface area contributed by atoms with Crippen LogP contribution in [0.3, 0.4) is 0 Å². The van der Waals surface area contributed by atoms with Gasteiger partial charge in [-0.1, -0.05) is 18.5 Å². The third-order valence-electron chi connectivity index (χ3n) is 1.20. The zero-order valence-electron chi connectivity index (χ0n) is 6.43. The second-order valence-electron chi connectivity index (χ2n) is 2.24. The lowest BCUT2D eigenvalue weighted by atomic mass is 10.3. The first-order valence-corrected chi connectivity index (χ1v) is 4.00. The van der Waals surface area contributed by atoms with Gasteiger partial charge in [-0.3, -0.25) is 0 Å². The van der Waals surface area contributed by atoms with E-state index in [2.05, 4.69) is 13.0 Å². The minimum atomic E-state index is 0.665. The number of ether oxygens (including phenoxy) is 1. The quantitative estimate of drug-likeness (QED) is 0.676. The third-order valence-corrected chi connectivity index (χ3v) is 1.42. The molecule has 0 aliphatic carbocycles. The zero-order valence-corrected chi connectivity index (χ0v) is 7.19. The van der Waals surface area contributed by atoms with Gasteiger partial charge in [0.05, 0.1) is 6.61 Å². The van der Waals surface area contributed by atoms with Crippen molar-refractivity contribution in [1.29, 1.82) is 0 Å². The van der Waals surface area contributed by atoms with Crippen molar-refractivity contribution in [3.63, 3.8) is 0 Å². The highest BCUT2D eigenvalue weighted by Crippen LogP contribution is 2.16. The summed E-state index contributed by atoms with van der Waals surface area (Å²) in [6.45, 7) is 2.79. The van der Waals surface area contributed by atoms with E-state index in [-0.39, 0.29) is 0 Å². The van der Waals surface area contributed by atoms with Crippen molar-refractivity contribution in [3.05, 3.63) is 29.3 Å². The molecule has 59 valence electrons. The van der Waals surface area contributed by atoms with Crippen molar-refractivity contribution in [1.82, 2.24) is 0 Å². The van der Waals surface area contributed by atoms with Crippen molar-refractivity contribution in [2.24, 2.45) is 0 Å². The molecule has 1 aromatic rings. The Bertz CT molecular complexity index is 223. The van der Waals surface area contributed by atoms with Crippen LogP contribution in [0, 0.1) is 6.07 Å². The van der Waals surface area contributed by atoms with E-state index in [1.807, 2.05) is 0 Å². The van der Waals surface area contributed by atoms with Crippen LogP contribution >= 0.6 is 11.6 Å². The minimum absolute atomic E-state index is 0.665. The highest BCUT2D eigenvalue weighted by molar-refractivity contribution is 6.30. The van der Waals surface area contributed by atoms with Crippen molar-refractivity contribution in [2.45, 2.75) is 13.3 Å². The molecule has 0 atom stereocenters. The van der Waals surface area contributed by atoms with Crippen molar-refractivity contribution >= 4 is 11.6 Å². The van der Waals surface area contributed by atoms with Gasteiger partial charge in [0.1, 0.15) is 5.75 Å². The van der Waals surface area contributed by atoms with Gasteiger partial charge in [0.25, 0.3) is 0 Å². The molecule has 1 aromatic carbocycles. The van der Waals surface area contributed by atoms with E-state index in [0.29, 0.717) is 5.02 Å². The summed E-state index contributed by atoms with van der Waals surface area (Å²) in [7, 11) is 0. The van der Waals surface area contributed by atoms with E-state index in [0.717, 1.165) is 18.8 Å². The maximum atomic E-state index is 5.71. The molecule has 1 nitrogen and oxygen atoms in total. The molecule has 0 saturated heterocycles. The van der Waals surface area contributed by atoms with E-state index >= 15 is 0 Å². The summed E-state index contributed by atoms with van der Waals surface area (Å²) in [5, 5.41) is 0.665. The summed E-state index contributed by atoms with van der Waals surface area (Å²) in [5.74, 6) is 0.791. The normalized spacial score (nSPS) is 9.64. The van der Waals surface area contributed by atoms with E-state index in [1.165, 1.54) is 0 Å². The molecule has 1 rings (SSSR count). The highest BCUT2D eigenvalue weighted by Gasteiger charge is 1.92. The Hall–Kier alpha value is -0.690. The standard InChI is InChI=1S/C9H10ClO/c1-2-6-11-9-5-3-4-8(10)7-9/h4-5,7H,2,6H2,1H3. The lowest BCUT2D eigenvalue weighted by molar-refractivity contribution is 0.317. The molecule has 0 amide bonds. The number of hydrogen-bond donors (Lipinski definition) is 0. The van der Waals surface area contributed by atoms with Gasteiger partial charge in [-0.25, -0.2) is 0 Å². The molecule has 0 aliphatic rings.